The summed E-state index contributed by atoms with van der Waals surface area (Å²) in [5.41, 5.74) is -7.17. The van der Waals surface area contributed by atoms with Crippen molar-refractivity contribution in [1.29, 1.82) is 0 Å². The summed E-state index contributed by atoms with van der Waals surface area (Å²) in [7, 11) is 0. The van der Waals surface area contributed by atoms with Crippen LogP contribution in [-0.2, 0) is 38.3 Å². The van der Waals surface area contributed by atoms with E-state index in [1.807, 2.05) is 0 Å². The quantitative estimate of drug-likeness (QED) is 0.0376. The van der Waals surface area contributed by atoms with E-state index in [9.17, 15) is 59.5 Å². The van der Waals surface area contributed by atoms with E-state index in [4.69, 9.17) is 18.9 Å². The lowest BCUT2D eigenvalue weighted by Crippen LogP contribution is -2.70. The molecule has 322 valence electrons. The van der Waals surface area contributed by atoms with Crippen molar-refractivity contribution in [2.24, 2.45) is 28.6 Å². The summed E-state index contributed by atoms with van der Waals surface area (Å²) in [6, 6.07) is 1.65. The topological polar surface area (TPSA) is 288 Å². The van der Waals surface area contributed by atoms with Crippen LogP contribution in [0.4, 0.5) is 9.18 Å². The second-order valence-corrected chi connectivity index (χ2v) is 15.6. The SMILES string of the molecule is C[C@@H]1CC2C3CCC4=CC(=O)C=C[C@]4(C)[C@@]3(F)[C@@H](O)C[C@]2(C)[C@@]1(OC(=O)CCCO[N+](=O)[O-])C(=O)COC(=O)Oc1cc(C(=O)OCCCCO[N+](=O)[O-])cc(O)c1O. The Bertz CT molecular complexity index is 1950. The first kappa shape index (κ1) is 44.2. The predicted molar refractivity (Wildman–Crippen MR) is 193 cm³/mol. The number of esters is 2. The zero-order valence-corrected chi connectivity index (χ0v) is 32.4. The van der Waals surface area contributed by atoms with Crippen LogP contribution in [0, 0.1) is 48.8 Å². The van der Waals surface area contributed by atoms with Gasteiger partial charge in [0.1, 0.15) is 0 Å². The number of alkyl halides is 1. The van der Waals surface area contributed by atoms with Crippen molar-refractivity contribution >= 4 is 29.7 Å². The number of benzene rings is 1. The van der Waals surface area contributed by atoms with Crippen molar-refractivity contribution < 1.29 is 82.5 Å². The van der Waals surface area contributed by atoms with Crippen LogP contribution in [0.2, 0.25) is 0 Å². The molecule has 3 saturated carbocycles. The molecule has 0 aliphatic heterocycles. The molecule has 0 aromatic heterocycles. The van der Waals surface area contributed by atoms with Crippen LogP contribution in [-0.4, -0.2) is 99.0 Å². The third kappa shape index (κ3) is 8.24. The largest absolute Gasteiger partial charge is 0.514 e. The number of fused-ring (bicyclic) bond motifs is 5. The van der Waals surface area contributed by atoms with Crippen LogP contribution in [0.3, 0.4) is 0 Å². The second kappa shape index (κ2) is 17.2. The number of unbranched alkanes of at least 4 members (excludes halogenated alkanes) is 1. The number of ketones is 2. The van der Waals surface area contributed by atoms with E-state index < -0.39 is 123 Å². The predicted octanol–water partition coefficient (Wildman–Crippen LogP) is 4.21. The van der Waals surface area contributed by atoms with Crippen molar-refractivity contribution in [3.8, 4) is 17.2 Å². The number of phenols is 2. The van der Waals surface area contributed by atoms with Crippen LogP contribution in [0.1, 0.15) is 82.5 Å². The molecule has 3 N–H and O–H groups in total. The number of aliphatic hydroxyl groups is 1. The number of nitrogens with zero attached hydrogens (tertiary/aromatic N) is 2. The average Bonchev–Trinajstić information content (AvgIpc) is 3.38. The fourth-order valence-corrected chi connectivity index (χ4v) is 9.72. The van der Waals surface area contributed by atoms with Gasteiger partial charge in [0.2, 0.25) is 11.5 Å². The molecule has 0 saturated heterocycles. The van der Waals surface area contributed by atoms with E-state index in [1.54, 1.807) is 20.8 Å². The Kier molecular flexibility index (Phi) is 12.9. The first-order valence-corrected chi connectivity index (χ1v) is 18.9. The standard InChI is InChI=1S/C38H45FN2O18/c1-21-15-26-25-9-8-23-18-24(42)10-11-35(23,2)37(25,39)29(44)19-36(26,3)38(21,59-31(46)7-6-14-57-41(52)53)30(45)20-55-34(49)58-28-17-22(16-27(43)32(28)47)33(48)54-12-4-5-13-56-40(50)51/h10-11,16-18,21,25-26,29,43-44,47H,4-9,12-15,19-20H2,1-3H3/t21-,25?,26?,29+,35+,36+,37+,38+/m1/s1. The number of carbonyl (C=O) groups is 5. The number of aliphatic hydroxyl groups excluding tert-OH is 1. The van der Waals surface area contributed by atoms with Crippen LogP contribution in [0.15, 0.2) is 35.9 Å². The first-order valence-electron chi connectivity index (χ1n) is 18.9. The molecule has 20 nitrogen and oxygen atoms in total. The molecule has 0 radical (unpaired) electrons. The van der Waals surface area contributed by atoms with Gasteiger partial charge in [0.05, 0.1) is 31.5 Å². The molecule has 0 amide bonds. The summed E-state index contributed by atoms with van der Waals surface area (Å²) in [6.07, 6.45) is 0.660. The Balaban J connectivity index is 1.36. The number of aromatic hydroxyl groups is 2. The number of allylic oxidation sites excluding steroid dienone is 4. The zero-order valence-electron chi connectivity index (χ0n) is 32.4. The summed E-state index contributed by atoms with van der Waals surface area (Å²) >= 11 is 0. The van der Waals surface area contributed by atoms with Crippen molar-refractivity contribution in [2.75, 3.05) is 26.4 Å². The number of carbonyl (C=O) groups excluding carboxylic acids is 5. The molecule has 1 aromatic carbocycles. The Hall–Kier alpha value is -5.86. The lowest BCUT2D eigenvalue weighted by Gasteiger charge is -2.62. The maximum absolute atomic E-state index is 17.8. The third-order valence-electron chi connectivity index (χ3n) is 12.4. The number of hydrogen-bond donors (Lipinski definition) is 3. The number of ether oxygens (including phenoxy) is 4. The van der Waals surface area contributed by atoms with Gasteiger partial charge in [0.15, 0.2) is 35.2 Å². The van der Waals surface area contributed by atoms with Gasteiger partial charge in [0, 0.05) is 29.1 Å². The van der Waals surface area contributed by atoms with E-state index in [1.165, 1.54) is 18.2 Å². The first-order chi connectivity index (χ1) is 27.7. The highest BCUT2D eigenvalue weighted by Crippen LogP contribution is 2.71. The van der Waals surface area contributed by atoms with Gasteiger partial charge in [-0.2, -0.15) is 0 Å². The van der Waals surface area contributed by atoms with Gasteiger partial charge in [-0.05, 0) is 82.1 Å². The molecular formula is C38H45FN2O18. The minimum Gasteiger partial charge on any atom is -0.504 e. The third-order valence-corrected chi connectivity index (χ3v) is 12.4. The summed E-state index contributed by atoms with van der Waals surface area (Å²) in [4.78, 5) is 95.2. The lowest BCUT2D eigenvalue weighted by atomic mass is 9.44. The van der Waals surface area contributed by atoms with Gasteiger partial charge in [-0.3, -0.25) is 14.4 Å². The number of Topliss-reactive ketones (excluding diaryl/α,β-unsaturated/α-hetero) is 1. The molecule has 3 fully saturated rings. The van der Waals surface area contributed by atoms with Gasteiger partial charge in [-0.15, -0.1) is 20.2 Å². The van der Waals surface area contributed by atoms with Crippen LogP contribution in [0.5, 0.6) is 17.2 Å². The zero-order chi connectivity index (χ0) is 43.5. The van der Waals surface area contributed by atoms with Crippen LogP contribution in [0.25, 0.3) is 0 Å². The van der Waals surface area contributed by atoms with Crippen molar-refractivity contribution in [3.63, 3.8) is 0 Å². The Morgan fingerprint density at radius 2 is 1.63 bits per heavy atom. The maximum Gasteiger partial charge on any atom is 0.514 e. The van der Waals surface area contributed by atoms with Crippen molar-refractivity contribution in [3.05, 3.63) is 61.7 Å². The van der Waals surface area contributed by atoms with Gasteiger partial charge < -0.3 is 43.9 Å². The molecule has 0 heterocycles. The van der Waals surface area contributed by atoms with E-state index in [-0.39, 0.29) is 56.7 Å². The summed E-state index contributed by atoms with van der Waals surface area (Å²) in [5, 5.41) is 51.3. The fourth-order valence-electron chi connectivity index (χ4n) is 9.72. The molecule has 2 unspecified atom stereocenters. The summed E-state index contributed by atoms with van der Waals surface area (Å²) in [5.74, 6) is -8.42. The molecule has 1 aromatic rings. The number of rotatable bonds is 17. The summed E-state index contributed by atoms with van der Waals surface area (Å²) in [6.45, 7) is 2.76. The molecule has 4 aliphatic rings. The molecule has 21 heteroatoms. The molecule has 0 spiro atoms. The highest BCUT2D eigenvalue weighted by atomic mass is 19.1. The summed E-state index contributed by atoms with van der Waals surface area (Å²) < 4.78 is 39.1. The number of halogens is 1. The molecule has 59 heavy (non-hydrogen) atoms. The average molecular weight is 837 g/mol. The van der Waals surface area contributed by atoms with Gasteiger partial charge in [-0.25, -0.2) is 14.0 Å². The normalized spacial score (nSPS) is 30.4. The van der Waals surface area contributed by atoms with Crippen LogP contribution < -0.4 is 4.74 Å². The van der Waals surface area contributed by atoms with Gasteiger partial charge in [0.25, 0.3) is 10.2 Å². The van der Waals surface area contributed by atoms with E-state index >= 15 is 4.39 Å². The highest BCUT2D eigenvalue weighted by Gasteiger charge is 2.77. The second-order valence-electron chi connectivity index (χ2n) is 15.6. The molecule has 4 aliphatic carbocycles. The Morgan fingerprint density at radius 1 is 0.966 bits per heavy atom. The van der Waals surface area contributed by atoms with Crippen LogP contribution >= 0.6 is 0 Å². The minimum atomic E-state index is -2.30. The van der Waals surface area contributed by atoms with E-state index in [0.717, 1.165) is 12.1 Å². The molecule has 8 atom stereocenters. The van der Waals surface area contributed by atoms with Gasteiger partial charge >= 0.3 is 18.1 Å². The Labute approximate surface area is 335 Å². The van der Waals surface area contributed by atoms with E-state index in [0.29, 0.717) is 12.0 Å². The Morgan fingerprint density at radius 3 is 2.31 bits per heavy atom. The van der Waals surface area contributed by atoms with Crippen molar-refractivity contribution in [1.82, 2.24) is 0 Å². The fraction of sp³-hybridized carbons (Fsp3) is 0.605. The smallest absolute Gasteiger partial charge is 0.504 e. The minimum absolute atomic E-state index is 0.119. The number of hydrogen-bond acceptors (Lipinski definition) is 18. The molecule has 0 bridgehead atoms. The molecule has 5 rings (SSSR count). The highest BCUT2D eigenvalue weighted by molar-refractivity contribution is 6.01. The van der Waals surface area contributed by atoms with Gasteiger partial charge in [-0.1, -0.05) is 25.5 Å². The van der Waals surface area contributed by atoms with E-state index in [2.05, 4.69) is 9.68 Å². The maximum atomic E-state index is 17.8. The van der Waals surface area contributed by atoms with Crippen molar-refractivity contribution in [2.45, 2.75) is 89.5 Å². The number of phenolic OH excluding ortho intramolecular Hbond substituents is 2. The lowest BCUT2D eigenvalue weighted by molar-refractivity contribution is -0.757. The molecular weight excluding hydrogens is 791 g/mol. The monoisotopic (exact) mass is 836 g/mol.